The van der Waals surface area contributed by atoms with E-state index in [4.69, 9.17) is 0 Å². The smallest absolute Gasteiger partial charge is 0.0580 e. The minimum Gasteiger partial charge on any atom is -0.393 e. The van der Waals surface area contributed by atoms with Gasteiger partial charge in [-0.3, -0.25) is 0 Å². The number of hydrogen-bond donors (Lipinski definition) is 1. The van der Waals surface area contributed by atoms with Crippen molar-refractivity contribution in [2.75, 3.05) is 20.6 Å². The average Bonchev–Trinajstić information content (AvgIpc) is 2.10. The molecule has 0 amide bonds. The lowest BCUT2D eigenvalue weighted by Crippen LogP contribution is -2.36. The molecule has 1 aliphatic rings. The van der Waals surface area contributed by atoms with Gasteiger partial charge < -0.3 is 10.0 Å². The van der Waals surface area contributed by atoms with E-state index in [9.17, 15) is 5.11 Å². The third kappa shape index (κ3) is 3.58. The van der Waals surface area contributed by atoms with E-state index in [-0.39, 0.29) is 6.10 Å². The molecule has 0 aliphatic heterocycles. The van der Waals surface area contributed by atoms with Crippen molar-refractivity contribution in [3.63, 3.8) is 0 Å². The van der Waals surface area contributed by atoms with Gasteiger partial charge in [-0.15, -0.1) is 0 Å². The Balaban J connectivity index is 2.38. The summed E-state index contributed by atoms with van der Waals surface area (Å²) in [6, 6.07) is 0. The highest BCUT2D eigenvalue weighted by atomic mass is 16.3. The molecule has 0 aromatic heterocycles. The van der Waals surface area contributed by atoms with E-state index < -0.39 is 0 Å². The summed E-state index contributed by atoms with van der Waals surface area (Å²) in [7, 11) is 4.19. The highest BCUT2D eigenvalue weighted by Gasteiger charge is 2.28. The molecule has 0 heterocycles. The van der Waals surface area contributed by atoms with E-state index >= 15 is 0 Å². The summed E-state index contributed by atoms with van der Waals surface area (Å²) in [5.41, 5.74) is 0. The highest BCUT2D eigenvalue weighted by molar-refractivity contribution is 4.80. The first kappa shape index (κ1) is 12.0. The van der Waals surface area contributed by atoms with Crippen LogP contribution < -0.4 is 0 Å². The molecule has 0 radical (unpaired) electrons. The second-order valence-electron chi connectivity index (χ2n) is 5.06. The summed E-state index contributed by atoms with van der Waals surface area (Å²) in [6.45, 7) is 3.30. The topological polar surface area (TPSA) is 23.5 Å². The monoisotopic (exact) mass is 199 g/mol. The molecule has 2 nitrogen and oxygen atoms in total. The lowest BCUT2D eigenvalue weighted by Gasteiger charge is -2.34. The highest BCUT2D eigenvalue weighted by Crippen LogP contribution is 2.32. The molecule has 3 unspecified atom stereocenters. The third-order valence-electron chi connectivity index (χ3n) is 3.35. The number of hydrogen-bond acceptors (Lipinski definition) is 2. The van der Waals surface area contributed by atoms with Crippen LogP contribution >= 0.6 is 0 Å². The van der Waals surface area contributed by atoms with Crippen molar-refractivity contribution in [1.82, 2.24) is 4.90 Å². The summed E-state index contributed by atoms with van der Waals surface area (Å²) in [5.74, 6) is 1.38. The van der Waals surface area contributed by atoms with Crippen LogP contribution in [0, 0.1) is 11.8 Å². The standard InChI is InChI=1S/C12H25NO/c1-4-5-10-6-7-12(14)11(8-10)9-13(2)3/h10-12,14H,4-9H2,1-3H3. The molecule has 1 N–H and O–H groups in total. The fourth-order valence-corrected chi connectivity index (χ4v) is 2.68. The molecule has 1 saturated carbocycles. The molecule has 1 aliphatic carbocycles. The molecular formula is C12H25NO. The Hall–Kier alpha value is -0.0800. The summed E-state index contributed by atoms with van der Waals surface area (Å²) in [5, 5.41) is 9.88. The average molecular weight is 199 g/mol. The van der Waals surface area contributed by atoms with Crippen LogP contribution in [0.2, 0.25) is 0 Å². The molecule has 0 aromatic rings. The first-order valence-corrected chi connectivity index (χ1v) is 5.96. The molecule has 0 aromatic carbocycles. The Kier molecular flexibility index (Phi) is 4.90. The van der Waals surface area contributed by atoms with Gasteiger partial charge in [0.05, 0.1) is 6.10 Å². The molecular weight excluding hydrogens is 174 g/mol. The molecule has 0 saturated heterocycles. The SMILES string of the molecule is CCCC1CCC(O)C(CN(C)C)C1. The van der Waals surface area contributed by atoms with Gasteiger partial charge >= 0.3 is 0 Å². The minimum absolute atomic E-state index is 0.0505. The van der Waals surface area contributed by atoms with E-state index in [0.717, 1.165) is 18.9 Å². The van der Waals surface area contributed by atoms with E-state index in [1.54, 1.807) is 0 Å². The van der Waals surface area contributed by atoms with Gasteiger partial charge in [-0.25, -0.2) is 0 Å². The second kappa shape index (κ2) is 5.72. The number of rotatable bonds is 4. The van der Waals surface area contributed by atoms with Gasteiger partial charge in [-0.2, -0.15) is 0 Å². The molecule has 0 bridgehead atoms. The maximum absolute atomic E-state index is 9.88. The second-order valence-corrected chi connectivity index (χ2v) is 5.06. The Bertz CT molecular complexity index is 158. The van der Waals surface area contributed by atoms with Crippen LogP contribution in [0.5, 0.6) is 0 Å². The van der Waals surface area contributed by atoms with Crippen LogP contribution in [-0.4, -0.2) is 36.8 Å². The number of aliphatic hydroxyl groups excluding tert-OH is 1. The van der Waals surface area contributed by atoms with Crippen molar-refractivity contribution in [3.05, 3.63) is 0 Å². The van der Waals surface area contributed by atoms with Gasteiger partial charge in [0, 0.05) is 6.54 Å². The van der Waals surface area contributed by atoms with Crippen LogP contribution in [0.3, 0.4) is 0 Å². The molecule has 3 atom stereocenters. The van der Waals surface area contributed by atoms with Crippen molar-refractivity contribution in [2.45, 2.75) is 45.1 Å². The van der Waals surface area contributed by atoms with Gasteiger partial charge in [-0.05, 0) is 45.2 Å². The largest absolute Gasteiger partial charge is 0.393 e. The van der Waals surface area contributed by atoms with Crippen molar-refractivity contribution in [2.24, 2.45) is 11.8 Å². The normalized spacial score (nSPS) is 33.6. The summed E-state index contributed by atoms with van der Waals surface area (Å²) in [4.78, 5) is 2.20. The fraction of sp³-hybridized carbons (Fsp3) is 1.00. The predicted molar refractivity (Wildman–Crippen MR) is 60.3 cm³/mol. The van der Waals surface area contributed by atoms with Crippen molar-refractivity contribution in [1.29, 1.82) is 0 Å². The lowest BCUT2D eigenvalue weighted by atomic mass is 9.77. The molecule has 14 heavy (non-hydrogen) atoms. The maximum atomic E-state index is 9.88. The zero-order chi connectivity index (χ0) is 10.6. The molecule has 1 rings (SSSR count). The van der Waals surface area contributed by atoms with Gasteiger partial charge in [0.15, 0.2) is 0 Å². The number of aliphatic hydroxyl groups is 1. The first-order valence-electron chi connectivity index (χ1n) is 5.96. The van der Waals surface area contributed by atoms with Crippen molar-refractivity contribution >= 4 is 0 Å². The van der Waals surface area contributed by atoms with Crippen molar-refractivity contribution < 1.29 is 5.11 Å². The maximum Gasteiger partial charge on any atom is 0.0580 e. The zero-order valence-corrected chi connectivity index (χ0v) is 9.87. The van der Waals surface area contributed by atoms with E-state index in [1.807, 2.05) is 0 Å². The Labute approximate surface area is 88.3 Å². The summed E-state index contributed by atoms with van der Waals surface area (Å²) >= 11 is 0. The van der Waals surface area contributed by atoms with Gasteiger partial charge in [0.1, 0.15) is 0 Å². The molecule has 1 fully saturated rings. The van der Waals surface area contributed by atoms with Gasteiger partial charge in [0.2, 0.25) is 0 Å². The first-order chi connectivity index (χ1) is 6.63. The summed E-state index contributed by atoms with van der Waals surface area (Å²) < 4.78 is 0. The van der Waals surface area contributed by atoms with Crippen LogP contribution in [0.25, 0.3) is 0 Å². The van der Waals surface area contributed by atoms with E-state index in [1.165, 1.54) is 25.7 Å². The van der Waals surface area contributed by atoms with Crippen LogP contribution in [0.1, 0.15) is 39.0 Å². The predicted octanol–water partition coefficient (Wildman–Crippen LogP) is 2.13. The Morgan fingerprint density at radius 2 is 2.00 bits per heavy atom. The summed E-state index contributed by atoms with van der Waals surface area (Å²) in [6.07, 6.45) is 6.06. The quantitative estimate of drug-likeness (QED) is 0.749. The van der Waals surface area contributed by atoms with Gasteiger partial charge in [0.25, 0.3) is 0 Å². The Morgan fingerprint density at radius 3 is 2.57 bits per heavy atom. The van der Waals surface area contributed by atoms with E-state index in [0.29, 0.717) is 5.92 Å². The van der Waals surface area contributed by atoms with Crippen LogP contribution in [0.15, 0.2) is 0 Å². The van der Waals surface area contributed by atoms with Crippen molar-refractivity contribution in [3.8, 4) is 0 Å². The van der Waals surface area contributed by atoms with Crippen LogP contribution in [0.4, 0.5) is 0 Å². The molecule has 2 heteroatoms. The van der Waals surface area contributed by atoms with E-state index in [2.05, 4.69) is 25.9 Å². The fourth-order valence-electron chi connectivity index (χ4n) is 2.68. The van der Waals surface area contributed by atoms with Crippen LogP contribution in [-0.2, 0) is 0 Å². The minimum atomic E-state index is -0.0505. The Morgan fingerprint density at radius 1 is 1.29 bits per heavy atom. The molecule has 84 valence electrons. The molecule has 0 spiro atoms. The van der Waals surface area contributed by atoms with Gasteiger partial charge in [-0.1, -0.05) is 19.8 Å². The third-order valence-corrected chi connectivity index (χ3v) is 3.35. The lowest BCUT2D eigenvalue weighted by molar-refractivity contribution is 0.0334. The zero-order valence-electron chi connectivity index (χ0n) is 9.87. The number of nitrogens with zero attached hydrogens (tertiary/aromatic N) is 1.